The molecule has 1 aromatic rings. The van der Waals surface area contributed by atoms with E-state index in [9.17, 15) is 13.6 Å². The van der Waals surface area contributed by atoms with Gasteiger partial charge in [-0.25, -0.2) is 4.79 Å². The summed E-state index contributed by atoms with van der Waals surface area (Å²) >= 11 is -2.29. The second-order valence-corrected chi connectivity index (χ2v) is 3.57. The summed E-state index contributed by atoms with van der Waals surface area (Å²) in [4.78, 5) is 11.1. The van der Waals surface area contributed by atoms with Crippen LogP contribution < -0.4 is 29.6 Å². The fourth-order valence-electron chi connectivity index (χ4n) is 1.20. The predicted molar refractivity (Wildman–Crippen MR) is 42.7 cm³/mol. The number of ether oxygens (including phenoxy) is 1. The van der Waals surface area contributed by atoms with Crippen molar-refractivity contribution in [2.24, 2.45) is 0 Å². The summed E-state index contributed by atoms with van der Waals surface area (Å²) in [6, 6.07) is 4.36. The largest absolute Gasteiger partial charge is 1.00 e. The Balaban J connectivity index is 0.000000980. The van der Waals surface area contributed by atoms with Gasteiger partial charge in [0, 0.05) is 10.5 Å². The summed E-state index contributed by atoms with van der Waals surface area (Å²) in [5.41, 5.74) is 1.08. The third-order valence-electron chi connectivity index (χ3n) is 1.85. The molecule has 0 spiro atoms. The van der Waals surface area contributed by atoms with Gasteiger partial charge in [0.2, 0.25) is 0 Å². The van der Waals surface area contributed by atoms with Crippen LogP contribution in [-0.4, -0.2) is 14.7 Å². The van der Waals surface area contributed by atoms with Crippen molar-refractivity contribution in [2.45, 2.75) is 11.5 Å². The Labute approximate surface area is 105 Å². The Morgan fingerprint density at radius 1 is 1.43 bits per heavy atom. The molecule has 1 heterocycles. The van der Waals surface area contributed by atoms with Crippen molar-refractivity contribution in [3.63, 3.8) is 0 Å². The zero-order valence-corrected chi connectivity index (χ0v) is 10.3. The molecule has 1 aliphatic heterocycles. The van der Waals surface area contributed by atoms with Crippen molar-refractivity contribution >= 4 is 17.0 Å². The van der Waals surface area contributed by atoms with Gasteiger partial charge in [0.05, 0.1) is 5.56 Å². The molecule has 1 aliphatic rings. The molecule has 14 heavy (non-hydrogen) atoms. The van der Waals surface area contributed by atoms with Crippen molar-refractivity contribution in [3.05, 3.63) is 29.3 Å². The second kappa shape index (κ2) is 4.55. The molecular formula is C8H5NaO4S. The molecule has 1 aromatic carbocycles. The van der Waals surface area contributed by atoms with E-state index in [1.165, 1.54) is 12.1 Å². The maximum Gasteiger partial charge on any atom is 1.00 e. The van der Waals surface area contributed by atoms with Gasteiger partial charge in [-0.1, -0.05) is 6.07 Å². The van der Waals surface area contributed by atoms with Gasteiger partial charge in [0.25, 0.3) is 0 Å². The molecular weight excluding hydrogens is 215 g/mol. The Kier molecular flexibility index (Phi) is 3.86. The maximum atomic E-state index is 11.0. The molecule has 0 aliphatic carbocycles. The maximum absolute atomic E-state index is 11.0. The molecule has 0 saturated heterocycles. The van der Waals surface area contributed by atoms with Crippen LogP contribution in [0.15, 0.2) is 23.1 Å². The van der Waals surface area contributed by atoms with E-state index in [0.717, 1.165) is 5.56 Å². The van der Waals surface area contributed by atoms with Crippen molar-refractivity contribution < 1.29 is 47.9 Å². The molecule has 0 N–H and O–H groups in total. The standard InChI is InChI=1S/C8H6O4S.Na/c9-8-7-3-6(13(10)11)2-1-5(7)4-12-8;/h1-3H,4H2,(H,10,11);/q;+1/p-1. The SMILES string of the molecule is O=C1OCc2ccc(S(=O)[O-])cc21.[Na+]. The van der Waals surface area contributed by atoms with E-state index < -0.39 is 17.0 Å². The minimum absolute atomic E-state index is 0. The summed E-state index contributed by atoms with van der Waals surface area (Å²) in [7, 11) is 0. The summed E-state index contributed by atoms with van der Waals surface area (Å²) < 4.78 is 25.8. The van der Waals surface area contributed by atoms with Gasteiger partial charge in [-0.2, -0.15) is 0 Å². The summed E-state index contributed by atoms with van der Waals surface area (Å²) in [5, 5.41) is 0. The summed E-state index contributed by atoms with van der Waals surface area (Å²) in [6.07, 6.45) is 0. The number of benzene rings is 1. The normalized spacial score (nSPS) is 15.4. The average molecular weight is 220 g/mol. The number of carbonyl (C=O) groups excluding carboxylic acids is 1. The van der Waals surface area contributed by atoms with Gasteiger partial charge in [-0.15, -0.1) is 0 Å². The first-order chi connectivity index (χ1) is 6.18. The van der Waals surface area contributed by atoms with Gasteiger partial charge in [-0.3, -0.25) is 4.21 Å². The first kappa shape index (κ1) is 11.9. The minimum Gasteiger partial charge on any atom is -0.768 e. The van der Waals surface area contributed by atoms with Crippen LogP contribution in [0.5, 0.6) is 0 Å². The van der Waals surface area contributed by atoms with E-state index in [2.05, 4.69) is 0 Å². The summed E-state index contributed by atoms with van der Waals surface area (Å²) in [6.45, 7) is 0.236. The first-order valence-electron chi connectivity index (χ1n) is 3.58. The number of rotatable bonds is 1. The number of carbonyl (C=O) groups is 1. The van der Waals surface area contributed by atoms with E-state index in [1.807, 2.05) is 0 Å². The van der Waals surface area contributed by atoms with Crippen LogP contribution in [0.25, 0.3) is 0 Å². The molecule has 4 nitrogen and oxygen atoms in total. The van der Waals surface area contributed by atoms with Crippen molar-refractivity contribution in [2.75, 3.05) is 0 Å². The Morgan fingerprint density at radius 3 is 2.79 bits per heavy atom. The number of esters is 1. The van der Waals surface area contributed by atoms with E-state index in [1.54, 1.807) is 6.07 Å². The molecule has 2 rings (SSSR count). The number of cyclic esters (lactones) is 1. The molecule has 68 valence electrons. The average Bonchev–Trinajstić information content (AvgIpc) is 2.47. The monoisotopic (exact) mass is 220 g/mol. The zero-order valence-electron chi connectivity index (χ0n) is 7.48. The minimum atomic E-state index is -2.29. The van der Waals surface area contributed by atoms with Crippen LogP contribution in [0.4, 0.5) is 0 Å². The molecule has 0 fully saturated rings. The van der Waals surface area contributed by atoms with Gasteiger partial charge >= 0.3 is 35.5 Å². The molecule has 0 aromatic heterocycles. The smallest absolute Gasteiger partial charge is 0.768 e. The molecule has 6 heteroatoms. The number of hydrogen-bond donors (Lipinski definition) is 0. The Hall–Kier alpha value is -0.200. The first-order valence-corrected chi connectivity index (χ1v) is 4.65. The fourth-order valence-corrected chi connectivity index (χ4v) is 1.59. The van der Waals surface area contributed by atoms with Crippen LogP contribution in [0, 0.1) is 0 Å². The van der Waals surface area contributed by atoms with E-state index in [0.29, 0.717) is 5.56 Å². The number of hydrogen-bond acceptors (Lipinski definition) is 4. The molecule has 0 bridgehead atoms. The Bertz CT molecular complexity index is 404. The van der Waals surface area contributed by atoms with Gasteiger partial charge in [-0.05, 0) is 23.2 Å². The van der Waals surface area contributed by atoms with Crippen LogP contribution in [0.2, 0.25) is 0 Å². The number of fused-ring (bicyclic) bond motifs is 1. The molecule has 0 saturated carbocycles. The molecule has 1 unspecified atom stereocenters. The zero-order chi connectivity index (χ0) is 9.42. The van der Waals surface area contributed by atoms with Gasteiger partial charge < -0.3 is 9.29 Å². The van der Waals surface area contributed by atoms with Crippen molar-refractivity contribution in [1.29, 1.82) is 0 Å². The molecule has 0 amide bonds. The fraction of sp³-hybridized carbons (Fsp3) is 0.125. The second-order valence-electron chi connectivity index (χ2n) is 2.63. The van der Waals surface area contributed by atoms with E-state index in [-0.39, 0.29) is 41.1 Å². The topological polar surface area (TPSA) is 66.4 Å². The third kappa shape index (κ3) is 2.07. The Morgan fingerprint density at radius 2 is 2.14 bits per heavy atom. The van der Waals surface area contributed by atoms with Crippen LogP contribution in [0.1, 0.15) is 15.9 Å². The van der Waals surface area contributed by atoms with Crippen molar-refractivity contribution in [1.82, 2.24) is 0 Å². The summed E-state index contributed by atoms with van der Waals surface area (Å²) in [5.74, 6) is -0.456. The quantitative estimate of drug-likeness (QED) is 0.300. The predicted octanol–water partition coefficient (Wildman–Crippen LogP) is -2.40. The third-order valence-corrected chi connectivity index (χ3v) is 2.49. The van der Waals surface area contributed by atoms with Crippen LogP contribution in [-0.2, 0) is 22.4 Å². The van der Waals surface area contributed by atoms with Crippen molar-refractivity contribution in [3.8, 4) is 0 Å². The van der Waals surface area contributed by atoms with Crippen LogP contribution in [0.3, 0.4) is 0 Å². The van der Waals surface area contributed by atoms with Crippen LogP contribution >= 0.6 is 0 Å². The molecule has 1 atom stereocenters. The van der Waals surface area contributed by atoms with E-state index >= 15 is 0 Å². The van der Waals surface area contributed by atoms with Gasteiger partial charge in [0.1, 0.15) is 6.61 Å². The van der Waals surface area contributed by atoms with E-state index in [4.69, 9.17) is 4.74 Å². The molecule has 0 radical (unpaired) electrons. The van der Waals surface area contributed by atoms with Gasteiger partial charge in [0.15, 0.2) is 0 Å².